The van der Waals surface area contributed by atoms with E-state index in [1.54, 1.807) is 0 Å². The molecule has 0 aromatic carbocycles. The number of hydrogen-bond donors (Lipinski definition) is 1. The predicted octanol–water partition coefficient (Wildman–Crippen LogP) is 4.19. The number of furan rings is 1. The molecule has 0 aliphatic heterocycles. The van der Waals surface area contributed by atoms with Gasteiger partial charge in [-0.1, -0.05) is 32.6 Å². The molecule has 1 aliphatic carbocycles. The maximum absolute atomic E-state index is 5.51. The van der Waals surface area contributed by atoms with Gasteiger partial charge in [-0.25, -0.2) is 0 Å². The lowest BCUT2D eigenvalue weighted by molar-refractivity contribution is 0.274. The van der Waals surface area contributed by atoms with E-state index in [2.05, 4.69) is 40.9 Å². The van der Waals surface area contributed by atoms with Crippen molar-refractivity contribution in [1.29, 1.82) is 0 Å². The molecule has 96 valence electrons. The second-order valence-electron chi connectivity index (χ2n) is 5.30. The van der Waals surface area contributed by atoms with Crippen molar-refractivity contribution in [2.45, 2.75) is 45.6 Å². The SMILES string of the molecule is CC1CCC(CCNCc2ccc(I)o2)CC1. The fourth-order valence-electron chi connectivity index (χ4n) is 2.58. The second kappa shape index (κ2) is 6.78. The van der Waals surface area contributed by atoms with E-state index in [0.29, 0.717) is 0 Å². The Morgan fingerprint density at radius 2 is 2.06 bits per heavy atom. The summed E-state index contributed by atoms with van der Waals surface area (Å²) >= 11 is 2.20. The van der Waals surface area contributed by atoms with Crippen LogP contribution < -0.4 is 5.32 Å². The molecule has 3 heteroatoms. The Kier molecular flexibility index (Phi) is 5.35. The van der Waals surface area contributed by atoms with Crippen LogP contribution in [0.25, 0.3) is 0 Å². The highest BCUT2D eigenvalue weighted by molar-refractivity contribution is 14.1. The van der Waals surface area contributed by atoms with Crippen molar-refractivity contribution in [3.63, 3.8) is 0 Å². The molecule has 1 heterocycles. The van der Waals surface area contributed by atoms with Crippen LogP contribution in [0.15, 0.2) is 16.5 Å². The standard InChI is InChI=1S/C14H22INO/c1-11-2-4-12(5-3-11)8-9-16-10-13-6-7-14(15)17-13/h6-7,11-12,16H,2-5,8-10H2,1H3. The third kappa shape index (κ3) is 4.62. The minimum absolute atomic E-state index is 0.867. The van der Waals surface area contributed by atoms with Crippen LogP contribution in [0.1, 0.15) is 44.8 Å². The molecular formula is C14H22INO. The number of halogens is 1. The smallest absolute Gasteiger partial charge is 0.164 e. The Balaban J connectivity index is 1.57. The van der Waals surface area contributed by atoms with Crippen molar-refractivity contribution in [3.8, 4) is 0 Å². The van der Waals surface area contributed by atoms with Gasteiger partial charge in [-0.05, 0) is 59.5 Å². The first-order chi connectivity index (χ1) is 8.24. The first-order valence-corrected chi connectivity index (χ1v) is 7.77. The van der Waals surface area contributed by atoms with Gasteiger partial charge in [0.05, 0.1) is 6.54 Å². The highest BCUT2D eigenvalue weighted by Gasteiger charge is 2.17. The molecule has 1 N–H and O–H groups in total. The van der Waals surface area contributed by atoms with Gasteiger partial charge >= 0.3 is 0 Å². The molecule has 0 radical (unpaired) electrons. The minimum atomic E-state index is 0.867. The van der Waals surface area contributed by atoms with Crippen LogP contribution in [-0.2, 0) is 6.54 Å². The van der Waals surface area contributed by atoms with Crippen LogP contribution in [0.4, 0.5) is 0 Å². The maximum Gasteiger partial charge on any atom is 0.164 e. The normalized spacial score (nSPS) is 25.1. The van der Waals surface area contributed by atoms with E-state index in [-0.39, 0.29) is 0 Å². The Morgan fingerprint density at radius 3 is 2.71 bits per heavy atom. The summed E-state index contributed by atoms with van der Waals surface area (Å²) in [5.74, 6) is 2.96. The van der Waals surface area contributed by atoms with Crippen molar-refractivity contribution in [1.82, 2.24) is 5.32 Å². The molecular weight excluding hydrogens is 325 g/mol. The van der Waals surface area contributed by atoms with Crippen molar-refractivity contribution >= 4 is 22.6 Å². The lowest BCUT2D eigenvalue weighted by Crippen LogP contribution is -2.20. The summed E-state index contributed by atoms with van der Waals surface area (Å²) < 4.78 is 6.49. The van der Waals surface area contributed by atoms with Gasteiger partial charge in [0, 0.05) is 0 Å². The van der Waals surface area contributed by atoms with Gasteiger partial charge in [-0.3, -0.25) is 0 Å². The fourth-order valence-corrected chi connectivity index (χ4v) is 3.04. The van der Waals surface area contributed by atoms with Crippen LogP contribution >= 0.6 is 22.6 Å². The van der Waals surface area contributed by atoms with Crippen LogP contribution in [-0.4, -0.2) is 6.54 Å². The zero-order valence-electron chi connectivity index (χ0n) is 10.5. The summed E-state index contributed by atoms with van der Waals surface area (Å²) in [6, 6.07) is 4.07. The molecule has 1 aromatic heterocycles. The average Bonchev–Trinajstić information content (AvgIpc) is 2.73. The van der Waals surface area contributed by atoms with Crippen molar-refractivity contribution in [2.24, 2.45) is 11.8 Å². The van der Waals surface area contributed by atoms with Crippen LogP contribution in [0, 0.1) is 15.6 Å². The third-order valence-corrected chi connectivity index (χ3v) is 4.37. The van der Waals surface area contributed by atoms with Crippen molar-refractivity contribution < 1.29 is 4.42 Å². The fraction of sp³-hybridized carbons (Fsp3) is 0.714. The summed E-state index contributed by atoms with van der Waals surface area (Å²) in [4.78, 5) is 0. The quantitative estimate of drug-likeness (QED) is 0.638. The molecule has 0 spiro atoms. The molecule has 1 saturated carbocycles. The Morgan fingerprint density at radius 1 is 1.29 bits per heavy atom. The van der Waals surface area contributed by atoms with Crippen molar-refractivity contribution in [2.75, 3.05) is 6.54 Å². The zero-order chi connectivity index (χ0) is 12.1. The number of nitrogens with one attached hydrogen (secondary N) is 1. The van der Waals surface area contributed by atoms with E-state index >= 15 is 0 Å². The number of rotatable bonds is 5. The van der Waals surface area contributed by atoms with Gasteiger partial charge in [-0.15, -0.1) is 0 Å². The third-order valence-electron chi connectivity index (χ3n) is 3.79. The summed E-state index contributed by atoms with van der Waals surface area (Å²) in [5, 5.41) is 3.48. The van der Waals surface area contributed by atoms with Gasteiger partial charge in [0.1, 0.15) is 5.76 Å². The monoisotopic (exact) mass is 347 g/mol. The van der Waals surface area contributed by atoms with E-state index in [9.17, 15) is 0 Å². The topological polar surface area (TPSA) is 25.2 Å². The zero-order valence-corrected chi connectivity index (χ0v) is 12.7. The van der Waals surface area contributed by atoms with E-state index in [4.69, 9.17) is 4.42 Å². The maximum atomic E-state index is 5.51. The largest absolute Gasteiger partial charge is 0.454 e. The molecule has 1 fully saturated rings. The molecule has 1 aromatic rings. The Labute approximate surface area is 118 Å². The van der Waals surface area contributed by atoms with Gasteiger partial charge < -0.3 is 9.73 Å². The van der Waals surface area contributed by atoms with E-state index in [1.807, 2.05) is 6.07 Å². The summed E-state index contributed by atoms with van der Waals surface area (Å²) in [6.07, 6.45) is 7.05. The molecule has 0 saturated heterocycles. The molecule has 17 heavy (non-hydrogen) atoms. The lowest BCUT2D eigenvalue weighted by Gasteiger charge is -2.26. The van der Waals surface area contributed by atoms with E-state index in [1.165, 1.54) is 32.1 Å². The van der Waals surface area contributed by atoms with Crippen molar-refractivity contribution in [3.05, 3.63) is 21.7 Å². The first-order valence-electron chi connectivity index (χ1n) is 6.69. The highest BCUT2D eigenvalue weighted by Crippen LogP contribution is 2.29. The van der Waals surface area contributed by atoms with Gasteiger partial charge in [0.2, 0.25) is 0 Å². The van der Waals surface area contributed by atoms with Gasteiger partial charge in [0.25, 0.3) is 0 Å². The molecule has 0 amide bonds. The summed E-state index contributed by atoms with van der Waals surface area (Å²) in [7, 11) is 0. The van der Waals surface area contributed by atoms with Crippen LogP contribution in [0.3, 0.4) is 0 Å². The molecule has 1 aliphatic rings. The first kappa shape index (κ1) is 13.4. The Hall–Kier alpha value is -0.0300. The van der Waals surface area contributed by atoms with E-state index in [0.717, 1.165) is 34.5 Å². The second-order valence-corrected chi connectivity index (χ2v) is 6.36. The predicted molar refractivity (Wildman–Crippen MR) is 78.9 cm³/mol. The van der Waals surface area contributed by atoms with Gasteiger partial charge in [-0.2, -0.15) is 0 Å². The van der Waals surface area contributed by atoms with Crippen LogP contribution in [0.2, 0.25) is 0 Å². The van der Waals surface area contributed by atoms with E-state index < -0.39 is 0 Å². The molecule has 2 rings (SSSR count). The Bertz CT molecular complexity index is 329. The molecule has 0 atom stereocenters. The highest BCUT2D eigenvalue weighted by atomic mass is 127. The molecule has 0 bridgehead atoms. The lowest BCUT2D eigenvalue weighted by atomic mass is 9.81. The summed E-state index contributed by atoms with van der Waals surface area (Å²) in [5.41, 5.74) is 0. The number of hydrogen-bond acceptors (Lipinski definition) is 2. The molecule has 0 unspecified atom stereocenters. The van der Waals surface area contributed by atoms with Gasteiger partial charge in [0.15, 0.2) is 3.77 Å². The minimum Gasteiger partial charge on any atom is -0.454 e. The average molecular weight is 347 g/mol. The molecule has 2 nitrogen and oxygen atoms in total. The summed E-state index contributed by atoms with van der Waals surface area (Å²) in [6.45, 7) is 4.37. The van der Waals surface area contributed by atoms with Crippen LogP contribution in [0.5, 0.6) is 0 Å².